The van der Waals surface area contributed by atoms with Gasteiger partial charge in [-0.05, 0) is 29.1 Å². The van der Waals surface area contributed by atoms with Gasteiger partial charge in [-0.2, -0.15) is 0 Å². The van der Waals surface area contributed by atoms with Crippen molar-refractivity contribution in [3.63, 3.8) is 0 Å². The normalized spacial score (nSPS) is 14.7. The lowest BCUT2D eigenvalue weighted by molar-refractivity contribution is -0.134. The van der Waals surface area contributed by atoms with Crippen molar-refractivity contribution in [2.24, 2.45) is 0 Å². The summed E-state index contributed by atoms with van der Waals surface area (Å²) in [5.41, 5.74) is 1.75. The molecule has 1 atom stereocenters. The van der Waals surface area contributed by atoms with Crippen LogP contribution in [0.3, 0.4) is 0 Å². The molecule has 1 fully saturated rings. The zero-order valence-electron chi connectivity index (χ0n) is 18.7. The summed E-state index contributed by atoms with van der Waals surface area (Å²) < 4.78 is 13.1. The SMILES string of the molecule is COc1ccccc1-n1c(SC(C(=O)N2CCOCC2)c2ccccc2)nnc1-c1cccs1. The molecule has 0 aliphatic carbocycles. The average molecular weight is 493 g/mol. The number of amides is 1. The van der Waals surface area contributed by atoms with Crippen molar-refractivity contribution < 1.29 is 14.3 Å². The smallest absolute Gasteiger partial charge is 0.240 e. The number of carbonyl (C=O) groups excluding carboxylic acids is 1. The van der Waals surface area contributed by atoms with E-state index in [-0.39, 0.29) is 5.91 Å². The predicted molar refractivity (Wildman–Crippen MR) is 134 cm³/mol. The fourth-order valence-corrected chi connectivity index (χ4v) is 5.72. The molecule has 174 valence electrons. The number of nitrogens with zero attached hydrogens (tertiary/aromatic N) is 4. The summed E-state index contributed by atoms with van der Waals surface area (Å²) in [7, 11) is 1.65. The predicted octanol–water partition coefficient (Wildman–Crippen LogP) is 4.70. The Labute approximate surface area is 206 Å². The molecule has 34 heavy (non-hydrogen) atoms. The largest absolute Gasteiger partial charge is 0.495 e. The van der Waals surface area contributed by atoms with Gasteiger partial charge < -0.3 is 14.4 Å². The van der Waals surface area contributed by atoms with Gasteiger partial charge >= 0.3 is 0 Å². The van der Waals surface area contributed by atoms with Crippen LogP contribution in [0.1, 0.15) is 10.8 Å². The Bertz CT molecular complexity index is 1240. The first kappa shape index (κ1) is 22.6. The third kappa shape index (κ3) is 4.59. The van der Waals surface area contributed by atoms with Crippen LogP contribution in [-0.4, -0.2) is 59.0 Å². The van der Waals surface area contributed by atoms with Gasteiger partial charge in [-0.3, -0.25) is 9.36 Å². The highest BCUT2D eigenvalue weighted by Crippen LogP contribution is 2.40. The standard InChI is InChI=1S/C25H24N4O3S2/c1-31-20-11-6-5-10-19(20)29-23(21-12-7-17-33-21)26-27-25(29)34-22(18-8-3-2-4-9-18)24(30)28-13-15-32-16-14-28/h2-12,17,22H,13-16H2,1H3. The van der Waals surface area contributed by atoms with Gasteiger partial charge in [-0.25, -0.2) is 0 Å². The number of para-hydroxylation sites is 2. The third-order valence-electron chi connectivity index (χ3n) is 5.57. The topological polar surface area (TPSA) is 69.5 Å². The molecule has 3 heterocycles. The van der Waals surface area contributed by atoms with E-state index < -0.39 is 5.25 Å². The van der Waals surface area contributed by atoms with Crippen LogP contribution in [0.5, 0.6) is 5.75 Å². The van der Waals surface area contributed by atoms with Crippen LogP contribution in [0.15, 0.2) is 77.3 Å². The van der Waals surface area contributed by atoms with Crippen molar-refractivity contribution in [2.75, 3.05) is 33.4 Å². The maximum Gasteiger partial charge on any atom is 0.240 e. The highest BCUT2D eigenvalue weighted by molar-refractivity contribution is 8.00. The van der Waals surface area contributed by atoms with Crippen LogP contribution in [-0.2, 0) is 9.53 Å². The highest BCUT2D eigenvalue weighted by Gasteiger charge is 2.31. The highest BCUT2D eigenvalue weighted by atomic mass is 32.2. The Hall–Kier alpha value is -3.14. The lowest BCUT2D eigenvalue weighted by atomic mass is 10.1. The Morgan fingerprint density at radius 2 is 1.79 bits per heavy atom. The first-order valence-electron chi connectivity index (χ1n) is 11.0. The molecule has 1 aliphatic rings. The van der Waals surface area contributed by atoms with Gasteiger partial charge in [0.2, 0.25) is 5.91 Å². The Morgan fingerprint density at radius 1 is 1.03 bits per heavy atom. The Balaban J connectivity index is 1.59. The summed E-state index contributed by atoms with van der Waals surface area (Å²) in [5.74, 6) is 1.47. The monoisotopic (exact) mass is 492 g/mol. The van der Waals surface area contributed by atoms with E-state index in [1.54, 1.807) is 18.4 Å². The molecule has 0 N–H and O–H groups in total. The third-order valence-corrected chi connectivity index (χ3v) is 7.62. The van der Waals surface area contributed by atoms with Crippen LogP contribution in [0.2, 0.25) is 0 Å². The number of morpholine rings is 1. The second-order valence-corrected chi connectivity index (χ2v) is 9.66. The van der Waals surface area contributed by atoms with E-state index in [2.05, 4.69) is 10.2 Å². The second-order valence-electron chi connectivity index (χ2n) is 7.64. The van der Waals surface area contributed by atoms with E-state index in [0.717, 1.165) is 16.1 Å². The minimum absolute atomic E-state index is 0.0479. The maximum absolute atomic E-state index is 13.7. The van der Waals surface area contributed by atoms with Crippen molar-refractivity contribution in [3.05, 3.63) is 77.7 Å². The maximum atomic E-state index is 13.7. The molecule has 9 heteroatoms. The molecule has 0 spiro atoms. The molecule has 1 aliphatic heterocycles. The fourth-order valence-electron chi connectivity index (χ4n) is 3.89. The quantitative estimate of drug-likeness (QED) is 0.349. The van der Waals surface area contributed by atoms with E-state index in [0.29, 0.717) is 43.0 Å². The summed E-state index contributed by atoms with van der Waals surface area (Å²) in [4.78, 5) is 16.5. The molecule has 2 aromatic heterocycles. The second kappa shape index (κ2) is 10.4. The Kier molecular flexibility index (Phi) is 6.94. The number of methoxy groups -OCH3 is 1. The van der Waals surface area contributed by atoms with Gasteiger partial charge in [0.05, 0.1) is 30.9 Å². The van der Waals surface area contributed by atoms with Crippen molar-refractivity contribution in [1.29, 1.82) is 0 Å². The molecule has 1 amide bonds. The summed E-state index contributed by atoms with van der Waals surface area (Å²) in [6.07, 6.45) is 0. The van der Waals surface area contributed by atoms with Crippen LogP contribution < -0.4 is 4.74 Å². The number of hydrogen-bond donors (Lipinski definition) is 0. The summed E-state index contributed by atoms with van der Waals surface area (Å²) in [6, 6.07) is 21.6. The molecular formula is C25H24N4O3S2. The minimum Gasteiger partial charge on any atom is -0.495 e. The molecule has 0 radical (unpaired) electrons. The summed E-state index contributed by atoms with van der Waals surface area (Å²) in [6.45, 7) is 2.28. The molecule has 0 saturated carbocycles. The van der Waals surface area contributed by atoms with Crippen molar-refractivity contribution in [3.8, 4) is 22.1 Å². The first-order valence-corrected chi connectivity index (χ1v) is 12.7. The molecule has 1 saturated heterocycles. The molecular weight excluding hydrogens is 468 g/mol. The lowest BCUT2D eigenvalue weighted by Crippen LogP contribution is -2.42. The zero-order chi connectivity index (χ0) is 23.3. The number of aromatic nitrogens is 3. The molecule has 1 unspecified atom stereocenters. The summed E-state index contributed by atoms with van der Waals surface area (Å²) in [5, 5.41) is 11.3. The van der Waals surface area contributed by atoms with E-state index in [1.807, 2.05) is 81.6 Å². The number of rotatable bonds is 7. The molecule has 5 rings (SSSR count). The van der Waals surface area contributed by atoms with Crippen LogP contribution in [0, 0.1) is 0 Å². The molecule has 0 bridgehead atoms. The van der Waals surface area contributed by atoms with Crippen molar-refractivity contribution in [1.82, 2.24) is 19.7 Å². The van der Waals surface area contributed by atoms with Gasteiger partial charge in [0, 0.05) is 13.1 Å². The van der Waals surface area contributed by atoms with Gasteiger partial charge in [0.25, 0.3) is 0 Å². The number of hydrogen-bond acceptors (Lipinski definition) is 7. The first-order chi connectivity index (χ1) is 16.8. The fraction of sp³-hybridized carbons (Fsp3) is 0.240. The van der Waals surface area contributed by atoms with Gasteiger partial charge in [0.15, 0.2) is 11.0 Å². The number of thioether (sulfide) groups is 1. The zero-order valence-corrected chi connectivity index (χ0v) is 20.3. The van der Waals surface area contributed by atoms with Crippen LogP contribution in [0.4, 0.5) is 0 Å². The van der Waals surface area contributed by atoms with Crippen LogP contribution >= 0.6 is 23.1 Å². The number of ether oxygens (including phenoxy) is 2. The number of benzene rings is 2. The lowest BCUT2D eigenvalue weighted by Gasteiger charge is -2.30. The Morgan fingerprint density at radius 3 is 2.53 bits per heavy atom. The van der Waals surface area contributed by atoms with Crippen molar-refractivity contribution >= 4 is 29.0 Å². The van der Waals surface area contributed by atoms with Gasteiger partial charge in [-0.15, -0.1) is 21.5 Å². The number of thiophene rings is 1. The number of carbonyl (C=O) groups is 1. The summed E-state index contributed by atoms with van der Waals surface area (Å²) >= 11 is 3.00. The molecule has 2 aromatic carbocycles. The van der Waals surface area contributed by atoms with E-state index in [9.17, 15) is 4.79 Å². The van der Waals surface area contributed by atoms with Crippen LogP contribution in [0.25, 0.3) is 16.4 Å². The average Bonchev–Trinajstić information content (AvgIpc) is 3.58. The van der Waals surface area contributed by atoms with E-state index in [1.165, 1.54) is 11.8 Å². The molecule has 4 aromatic rings. The minimum atomic E-state index is -0.465. The van der Waals surface area contributed by atoms with Crippen molar-refractivity contribution in [2.45, 2.75) is 10.4 Å². The van der Waals surface area contributed by atoms with Gasteiger partial charge in [-0.1, -0.05) is 60.3 Å². The van der Waals surface area contributed by atoms with E-state index in [4.69, 9.17) is 9.47 Å². The molecule has 7 nitrogen and oxygen atoms in total. The van der Waals surface area contributed by atoms with Gasteiger partial charge in [0.1, 0.15) is 11.0 Å². The van der Waals surface area contributed by atoms with E-state index >= 15 is 0 Å².